The predicted octanol–water partition coefficient (Wildman–Crippen LogP) is 2.79. The Morgan fingerprint density at radius 3 is 2.88 bits per heavy atom. The Kier molecular flexibility index (Phi) is 4.00. The first kappa shape index (κ1) is 12.1. The van der Waals surface area contributed by atoms with Crippen LogP contribution in [0.2, 0.25) is 0 Å². The van der Waals surface area contributed by atoms with Crippen molar-refractivity contribution in [2.75, 3.05) is 19.6 Å². The monoisotopic (exact) mass is 238 g/mol. The summed E-state index contributed by atoms with van der Waals surface area (Å²) < 4.78 is 0. The van der Waals surface area contributed by atoms with Gasteiger partial charge in [0.05, 0.1) is 6.04 Å². The molecule has 2 unspecified atom stereocenters. The van der Waals surface area contributed by atoms with Crippen LogP contribution in [0.25, 0.3) is 0 Å². The molecular formula is C13H22N2S. The second kappa shape index (κ2) is 5.30. The Bertz CT molecular complexity index is 334. The molecule has 1 aromatic rings. The van der Waals surface area contributed by atoms with Crippen molar-refractivity contribution in [3.8, 4) is 0 Å². The van der Waals surface area contributed by atoms with E-state index in [1.54, 1.807) is 0 Å². The number of rotatable bonds is 4. The first-order valence-electron chi connectivity index (χ1n) is 6.25. The van der Waals surface area contributed by atoms with E-state index in [0.717, 1.165) is 12.5 Å². The molecule has 2 rings (SSSR count). The van der Waals surface area contributed by atoms with Crippen LogP contribution >= 0.6 is 11.3 Å². The van der Waals surface area contributed by atoms with E-state index in [9.17, 15) is 0 Å². The van der Waals surface area contributed by atoms with Crippen LogP contribution in [-0.2, 0) is 0 Å². The van der Waals surface area contributed by atoms with E-state index in [0.29, 0.717) is 6.04 Å². The quantitative estimate of drug-likeness (QED) is 0.874. The third-order valence-electron chi connectivity index (χ3n) is 3.65. The lowest BCUT2D eigenvalue weighted by atomic mass is 10.1. The van der Waals surface area contributed by atoms with Gasteiger partial charge in [-0.3, -0.25) is 4.90 Å². The summed E-state index contributed by atoms with van der Waals surface area (Å²) in [6.07, 6.45) is 2.65. The first-order valence-corrected chi connectivity index (χ1v) is 7.06. The highest BCUT2D eigenvalue weighted by Gasteiger charge is 2.27. The van der Waals surface area contributed by atoms with E-state index >= 15 is 0 Å². The van der Waals surface area contributed by atoms with Gasteiger partial charge in [0.2, 0.25) is 0 Å². The summed E-state index contributed by atoms with van der Waals surface area (Å²) in [6.45, 7) is 7.66. The summed E-state index contributed by atoms with van der Waals surface area (Å²) in [5.74, 6) is 0.884. The van der Waals surface area contributed by atoms with Crippen LogP contribution in [-0.4, -0.2) is 24.5 Å². The van der Waals surface area contributed by atoms with Crippen molar-refractivity contribution in [1.29, 1.82) is 0 Å². The van der Waals surface area contributed by atoms with Crippen molar-refractivity contribution in [3.63, 3.8) is 0 Å². The molecule has 2 nitrogen and oxygen atoms in total. The topological polar surface area (TPSA) is 29.3 Å². The SMILES string of the molecule is CCC1CCN(C(CN)c2ccc(C)s2)C1. The molecule has 1 aromatic heterocycles. The minimum absolute atomic E-state index is 0.454. The average Bonchev–Trinajstić information content (AvgIpc) is 2.89. The third-order valence-corrected chi connectivity index (χ3v) is 4.75. The Labute approximate surface area is 102 Å². The predicted molar refractivity (Wildman–Crippen MR) is 70.8 cm³/mol. The standard InChI is InChI=1S/C13H22N2S/c1-3-11-6-7-15(9-11)12(8-14)13-5-4-10(2)16-13/h4-5,11-12H,3,6-9,14H2,1-2H3. The lowest BCUT2D eigenvalue weighted by molar-refractivity contribution is 0.244. The van der Waals surface area contributed by atoms with Gasteiger partial charge in [-0.2, -0.15) is 0 Å². The highest BCUT2D eigenvalue weighted by atomic mass is 32.1. The maximum Gasteiger partial charge on any atom is 0.0564 e. The van der Waals surface area contributed by atoms with Gasteiger partial charge in [-0.05, 0) is 37.9 Å². The van der Waals surface area contributed by atoms with Crippen LogP contribution < -0.4 is 5.73 Å². The second-order valence-corrected chi connectivity index (χ2v) is 6.08. The number of hydrogen-bond acceptors (Lipinski definition) is 3. The minimum atomic E-state index is 0.454. The van der Waals surface area contributed by atoms with Crippen LogP contribution in [0.4, 0.5) is 0 Å². The molecule has 2 N–H and O–H groups in total. The molecule has 1 aliphatic rings. The minimum Gasteiger partial charge on any atom is -0.329 e. The van der Waals surface area contributed by atoms with E-state index in [4.69, 9.17) is 5.73 Å². The number of nitrogens with two attached hydrogens (primary N) is 1. The molecular weight excluding hydrogens is 216 g/mol. The van der Waals surface area contributed by atoms with E-state index in [1.807, 2.05) is 11.3 Å². The molecule has 1 saturated heterocycles. The average molecular weight is 238 g/mol. The molecule has 0 radical (unpaired) electrons. The van der Waals surface area contributed by atoms with Crippen molar-refractivity contribution < 1.29 is 0 Å². The zero-order chi connectivity index (χ0) is 11.5. The summed E-state index contributed by atoms with van der Waals surface area (Å²) in [5, 5.41) is 0. The Morgan fingerprint density at radius 1 is 1.56 bits per heavy atom. The van der Waals surface area contributed by atoms with Crippen molar-refractivity contribution in [2.45, 2.75) is 32.7 Å². The van der Waals surface area contributed by atoms with Crippen LogP contribution in [0.1, 0.15) is 35.6 Å². The molecule has 1 fully saturated rings. The van der Waals surface area contributed by atoms with Crippen LogP contribution in [0, 0.1) is 12.8 Å². The molecule has 1 aliphatic heterocycles. The molecule has 3 heteroatoms. The fraction of sp³-hybridized carbons (Fsp3) is 0.692. The zero-order valence-corrected chi connectivity index (χ0v) is 11.1. The van der Waals surface area contributed by atoms with Gasteiger partial charge in [-0.15, -0.1) is 11.3 Å². The van der Waals surface area contributed by atoms with Crippen molar-refractivity contribution >= 4 is 11.3 Å². The summed E-state index contributed by atoms with van der Waals surface area (Å²) in [5.41, 5.74) is 5.95. The van der Waals surface area contributed by atoms with Crippen LogP contribution in [0.15, 0.2) is 12.1 Å². The number of thiophene rings is 1. The van der Waals surface area contributed by atoms with Gasteiger partial charge in [-0.25, -0.2) is 0 Å². The summed E-state index contributed by atoms with van der Waals surface area (Å²) in [7, 11) is 0. The van der Waals surface area contributed by atoms with Crippen molar-refractivity contribution in [1.82, 2.24) is 4.90 Å². The van der Waals surface area contributed by atoms with Crippen LogP contribution in [0.5, 0.6) is 0 Å². The maximum absolute atomic E-state index is 5.95. The van der Waals surface area contributed by atoms with E-state index in [1.165, 1.54) is 35.7 Å². The Morgan fingerprint density at radius 2 is 2.38 bits per heavy atom. The highest BCUT2D eigenvalue weighted by Crippen LogP contribution is 2.31. The van der Waals surface area contributed by atoms with Crippen LogP contribution in [0.3, 0.4) is 0 Å². The van der Waals surface area contributed by atoms with E-state index in [-0.39, 0.29) is 0 Å². The number of aryl methyl sites for hydroxylation is 1. The molecule has 90 valence electrons. The summed E-state index contributed by atoms with van der Waals surface area (Å²) in [4.78, 5) is 5.40. The smallest absolute Gasteiger partial charge is 0.0564 e. The van der Waals surface area contributed by atoms with Gasteiger partial charge >= 0.3 is 0 Å². The second-order valence-electron chi connectivity index (χ2n) is 4.76. The zero-order valence-electron chi connectivity index (χ0n) is 10.3. The first-order chi connectivity index (χ1) is 7.74. The van der Waals surface area contributed by atoms with Gasteiger partial charge in [0.1, 0.15) is 0 Å². The lowest BCUT2D eigenvalue weighted by Gasteiger charge is -2.25. The molecule has 0 amide bonds. The number of likely N-dealkylation sites (tertiary alicyclic amines) is 1. The molecule has 2 heterocycles. The summed E-state index contributed by atoms with van der Waals surface area (Å²) in [6, 6.07) is 4.91. The Hall–Kier alpha value is -0.380. The number of nitrogens with zero attached hydrogens (tertiary/aromatic N) is 1. The molecule has 0 bridgehead atoms. The molecule has 16 heavy (non-hydrogen) atoms. The largest absolute Gasteiger partial charge is 0.329 e. The lowest BCUT2D eigenvalue weighted by Crippen LogP contribution is -2.31. The normalized spacial score (nSPS) is 23.8. The fourth-order valence-corrected chi connectivity index (χ4v) is 3.58. The number of hydrogen-bond donors (Lipinski definition) is 1. The Balaban J connectivity index is 2.06. The highest BCUT2D eigenvalue weighted by molar-refractivity contribution is 7.12. The van der Waals surface area contributed by atoms with Crippen molar-refractivity contribution in [3.05, 3.63) is 21.9 Å². The molecule has 0 saturated carbocycles. The fourth-order valence-electron chi connectivity index (χ4n) is 2.56. The van der Waals surface area contributed by atoms with E-state index < -0.39 is 0 Å². The van der Waals surface area contributed by atoms with Gasteiger partial charge < -0.3 is 5.73 Å². The molecule has 2 atom stereocenters. The van der Waals surface area contributed by atoms with Gasteiger partial charge in [-0.1, -0.05) is 13.3 Å². The maximum atomic E-state index is 5.95. The molecule has 0 aromatic carbocycles. The third kappa shape index (κ3) is 2.47. The molecule has 0 spiro atoms. The van der Waals surface area contributed by atoms with Crippen molar-refractivity contribution in [2.24, 2.45) is 11.7 Å². The van der Waals surface area contributed by atoms with Gasteiger partial charge in [0.15, 0.2) is 0 Å². The van der Waals surface area contributed by atoms with E-state index in [2.05, 4.69) is 30.9 Å². The van der Waals surface area contributed by atoms with Gasteiger partial charge in [0, 0.05) is 22.8 Å². The van der Waals surface area contributed by atoms with Gasteiger partial charge in [0.25, 0.3) is 0 Å². The molecule has 0 aliphatic carbocycles. The summed E-state index contributed by atoms with van der Waals surface area (Å²) >= 11 is 1.89.